The molecule has 1 unspecified atom stereocenters. The number of nitrogens with zero attached hydrogens (tertiary/aromatic N) is 2. The minimum absolute atomic E-state index is 0.179. The largest absolute Gasteiger partial charge is 0.494 e. The Kier molecular flexibility index (Phi) is 4.93. The van der Waals surface area contributed by atoms with Crippen molar-refractivity contribution >= 4 is 5.91 Å². The van der Waals surface area contributed by atoms with Gasteiger partial charge in [0, 0.05) is 13.1 Å². The Hall–Kier alpha value is -2.63. The van der Waals surface area contributed by atoms with Crippen LogP contribution in [0.2, 0.25) is 0 Å². The van der Waals surface area contributed by atoms with Gasteiger partial charge in [-0.15, -0.1) is 0 Å². The van der Waals surface area contributed by atoms with E-state index in [4.69, 9.17) is 4.74 Å². The summed E-state index contributed by atoms with van der Waals surface area (Å²) in [4.78, 5) is 23.4. The Bertz CT molecular complexity index is 707. The van der Waals surface area contributed by atoms with Crippen molar-refractivity contribution in [2.24, 2.45) is 7.05 Å². The van der Waals surface area contributed by atoms with Crippen molar-refractivity contribution < 1.29 is 9.53 Å². The van der Waals surface area contributed by atoms with Crippen LogP contribution < -0.4 is 15.6 Å². The smallest absolute Gasteiger partial charge is 0.272 e. The van der Waals surface area contributed by atoms with Crippen molar-refractivity contribution in [3.8, 4) is 5.75 Å². The lowest BCUT2D eigenvalue weighted by atomic mass is 10.1. The lowest BCUT2D eigenvalue weighted by Gasteiger charge is -2.14. The van der Waals surface area contributed by atoms with Crippen LogP contribution in [0.3, 0.4) is 0 Å². The van der Waals surface area contributed by atoms with Crippen molar-refractivity contribution in [2.45, 2.75) is 19.9 Å². The van der Waals surface area contributed by atoms with Gasteiger partial charge in [-0.05, 0) is 37.6 Å². The second-order valence-corrected chi connectivity index (χ2v) is 4.88. The molecule has 2 rings (SSSR count). The van der Waals surface area contributed by atoms with E-state index in [-0.39, 0.29) is 23.2 Å². The summed E-state index contributed by atoms with van der Waals surface area (Å²) in [6.07, 6.45) is 0. The highest BCUT2D eigenvalue weighted by Gasteiger charge is 2.13. The number of nitrogens with one attached hydrogen (secondary N) is 1. The van der Waals surface area contributed by atoms with E-state index in [1.54, 1.807) is 0 Å². The summed E-state index contributed by atoms with van der Waals surface area (Å²) >= 11 is 0. The molecule has 22 heavy (non-hydrogen) atoms. The van der Waals surface area contributed by atoms with E-state index in [2.05, 4.69) is 10.4 Å². The highest BCUT2D eigenvalue weighted by molar-refractivity contribution is 5.92. The molecule has 1 aromatic carbocycles. The van der Waals surface area contributed by atoms with Gasteiger partial charge in [0.05, 0.1) is 12.6 Å². The van der Waals surface area contributed by atoms with Crippen LogP contribution in [-0.4, -0.2) is 22.3 Å². The molecule has 6 nitrogen and oxygen atoms in total. The standard InChI is InChI=1S/C16H19N3O3/c1-4-22-13-7-5-12(6-8-13)11(2)17-16(21)14-9-10-15(20)19(3)18-14/h5-11H,4H2,1-3H3,(H,17,21). The molecular formula is C16H19N3O3. The maximum atomic E-state index is 12.1. The number of carbonyl (C=O) groups is 1. The summed E-state index contributed by atoms with van der Waals surface area (Å²) < 4.78 is 6.52. The van der Waals surface area contributed by atoms with Gasteiger partial charge in [-0.2, -0.15) is 5.10 Å². The first kappa shape index (κ1) is 15.8. The molecule has 0 aliphatic heterocycles. The van der Waals surface area contributed by atoms with Gasteiger partial charge in [-0.25, -0.2) is 4.68 Å². The van der Waals surface area contributed by atoms with Gasteiger partial charge >= 0.3 is 0 Å². The van der Waals surface area contributed by atoms with Crippen LogP contribution in [0.1, 0.15) is 35.9 Å². The normalized spacial score (nSPS) is 11.8. The summed E-state index contributed by atoms with van der Waals surface area (Å²) in [7, 11) is 1.51. The van der Waals surface area contributed by atoms with Gasteiger partial charge in [0.25, 0.3) is 11.5 Å². The van der Waals surface area contributed by atoms with Gasteiger partial charge < -0.3 is 10.1 Å². The van der Waals surface area contributed by atoms with Crippen LogP contribution in [0.5, 0.6) is 5.75 Å². The number of ether oxygens (including phenoxy) is 1. The number of benzene rings is 1. The number of aromatic nitrogens is 2. The van der Waals surface area contributed by atoms with E-state index >= 15 is 0 Å². The Morgan fingerprint density at radius 2 is 1.95 bits per heavy atom. The molecule has 116 valence electrons. The van der Waals surface area contributed by atoms with Crippen LogP contribution >= 0.6 is 0 Å². The maximum absolute atomic E-state index is 12.1. The first-order valence-electron chi connectivity index (χ1n) is 7.09. The lowest BCUT2D eigenvalue weighted by molar-refractivity contribution is 0.0932. The molecular weight excluding hydrogens is 282 g/mol. The molecule has 0 radical (unpaired) electrons. The molecule has 6 heteroatoms. The third-order valence-electron chi connectivity index (χ3n) is 3.23. The van der Waals surface area contributed by atoms with Crippen LogP contribution in [0, 0.1) is 0 Å². The molecule has 0 saturated carbocycles. The minimum Gasteiger partial charge on any atom is -0.494 e. The Labute approximate surface area is 128 Å². The Balaban J connectivity index is 2.07. The van der Waals surface area contributed by atoms with Gasteiger partial charge in [-0.1, -0.05) is 12.1 Å². The molecule has 0 aliphatic rings. The highest BCUT2D eigenvalue weighted by Crippen LogP contribution is 2.17. The zero-order valence-corrected chi connectivity index (χ0v) is 12.9. The van der Waals surface area contributed by atoms with Gasteiger partial charge in [-0.3, -0.25) is 9.59 Å². The number of amides is 1. The molecule has 2 aromatic rings. The Morgan fingerprint density at radius 1 is 1.27 bits per heavy atom. The molecule has 1 aromatic heterocycles. The zero-order valence-electron chi connectivity index (χ0n) is 12.9. The van der Waals surface area contributed by atoms with Crippen molar-refractivity contribution in [3.63, 3.8) is 0 Å². The van der Waals surface area contributed by atoms with Crippen molar-refractivity contribution in [1.82, 2.24) is 15.1 Å². The average molecular weight is 301 g/mol. The van der Waals surface area contributed by atoms with E-state index in [9.17, 15) is 9.59 Å². The molecule has 0 bridgehead atoms. The number of rotatable bonds is 5. The lowest BCUT2D eigenvalue weighted by Crippen LogP contribution is -2.30. The third kappa shape index (κ3) is 3.72. The fourth-order valence-corrected chi connectivity index (χ4v) is 2.00. The molecule has 1 amide bonds. The monoisotopic (exact) mass is 301 g/mol. The van der Waals surface area contributed by atoms with Crippen LogP contribution in [-0.2, 0) is 7.05 Å². The average Bonchev–Trinajstić information content (AvgIpc) is 2.51. The van der Waals surface area contributed by atoms with E-state index in [1.165, 1.54) is 19.2 Å². The highest BCUT2D eigenvalue weighted by atomic mass is 16.5. The van der Waals surface area contributed by atoms with Crippen molar-refractivity contribution in [1.29, 1.82) is 0 Å². The number of hydrogen-bond donors (Lipinski definition) is 1. The molecule has 0 spiro atoms. The molecule has 0 fully saturated rings. The zero-order chi connectivity index (χ0) is 16.1. The number of carbonyl (C=O) groups excluding carboxylic acids is 1. The second-order valence-electron chi connectivity index (χ2n) is 4.88. The summed E-state index contributed by atoms with van der Waals surface area (Å²) in [5, 5.41) is 6.78. The topological polar surface area (TPSA) is 73.2 Å². The predicted molar refractivity (Wildman–Crippen MR) is 83.0 cm³/mol. The SMILES string of the molecule is CCOc1ccc(C(C)NC(=O)c2ccc(=O)n(C)n2)cc1. The summed E-state index contributed by atoms with van der Waals surface area (Å²) in [5.74, 6) is 0.474. The van der Waals surface area contributed by atoms with Crippen LogP contribution in [0.15, 0.2) is 41.2 Å². The minimum atomic E-state index is -0.322. The molecule has 0 saturated heterocycles. The quantitative estimate of drug-likeness (QED) is 0.911. The Morgan fingerprint density at radius 3 is 2.55 bits per heavy atom. The van der Waals surface area contributed by atoms with Crippen LogP contribution in [0.4, 0.5) is 0 Å². The third-order valence-corrected chi connectivity index (χ3v) is 3.23. The molecule has 1 heterocycles. The fourth-order valence-electron chi connectivity index (χ4n) is 2.00. The first-order valence-corrected chi connectivity index (χ1v) is 7.09. The maximum Gasteiger partial charge on any atom is 0.272 e. The summed E-state index contributed by atoms with van der Waals surface area (Å²) in [6.45, 7) is 4.43. The number of hydrogen-bond acceptors (Lipinski definition) is 4. The summed E-state index contributed by atoms with van der Waals surface area (Å²) in [5.41, 5.74) is 0.914. The van der Waals surface area contributed by atoms with Crippen LogP contribution in [0.25, 0.3) is 0 Å². The fraction of sp³-hybridized carbons (Fsp3) is 0.312. The first-order chi connectivity index (χ1) is 10.5. The molecule has 0 aliphatic carbocycles. The van der Waals surface area contributed by atoms with E-state index in [0.717, 1.165) is 16.0 Å². The predicted octanol–water partition coefficient (Wildman–Crippen LogP) is 1.67. The molecule has 1 N–H and O–H groups in total. The van der Waals surface area contributed by atoms with Gasteiger partial charge in [0.15, 0.2) is 0 Å². The van der Waals surface area contributed by atoms with E-state index < -0.39 is 0 Å². The van der Waals surface area contributed by atoms with E-state index in [0.29, 0.717) is 6.61 Å². The summed E-state index contributed by atoms with van der Waals surface area (Å²) in [6, 6.07) is 10.1. The van der Waals surface area contributed by atoms with Crippen molar-refractivity contribution in [2.75, 3.05) is 6.61 Å². The van der Waals surface area contributed by atoms with Gasteiger partial charge in [0.2, 0.25) is 0 Å². The van der Waals surface area contributed by atoms with Crippen molar-refractivity contribution in [3.05, 3.63) is 58.0 Å². The van der Waals surface area contributed by atoms with E-state index in [1.807, 2.05) is 38.1 Å². The molecule has 1 atom stereocenters. The van der Waals surface area contributed by atoms with Gasteiger partial charge in [0.1, 0.15) is 11.4 Å². The number of aryl methyl sites for hydroxylation is 1. The second kappa shape index (κ2) is 6.89.